The summed E-state index contributed by atoms with van der Waals surface area (Å²) in [5.74, 6) is -0.436. The Morgan fingerprint density at radius 2 is 2.44 bits per heavy atom. The minimum Gasteiger partial charge on any atom is -0.478 e. The maximum atomic E-state index is 10.8. The zero-order valence-electron chi connectivity index (χ0n) is 8.56. The van der Waals surface area contributed by atoms with Gasteiger partial charge in [-0.15, -0.1) is 0 Å². The van der Waals surface area contributed by atoms with E-state index < -0.39 is 5.97 Å². The number of hydrogen-bond acceptors (Lipinski definition) is 4. The smallest absolute Gasteiger partial charge is 0.335 e. The number of carboxylic acid groups (broad SMARTS) is 1. The molecular formula is C10H10N2O3S. The van der Waals surface area contributed by atoms with Crippen LogP contribution in [0.4, 0.5) is 0 Å². The standard InChI is InChI=1S/C10H10N2O3S/c1-15-5-16-10-11-7-3-2-6(9(13)14)4-8(7)12-10/h2-4H,5H2,1H3,(H,11,12)(H,13,14). The van der Waals surface area contributed by atoms with Gasteiger partial charge in [-0.25, -0.2) is 9.78 Å². The first-order chi connectivity index (χ1) is 7.70. The molecule has 1 aromatic carbocycles. The van der Waals surface area contributed by atoms with Gasteiger partial charge in [0.2, 0.25) is 0 Å². The summed E-state index contributed by atoms with van der Waals surface area (Å²) in [6.45, 7) is 0. The lowest BCUT2D eigenvalue weighted by atomic mass is 10.2. The van der Waals surface area contributed by atoms with E-state index in [0.717, 1.165) is 16.2 Å². The zero-order valence-corrected chi connectivity index (χ0v) is 9.37. The quantitative estimate of drug-likeness (QED) is 0.629. The van der Waals surface area contributed by atoms with Crippen LogP contribution < -0.4 is 0 Å². The van der Waals surface area contributed by atoms with Gasteiger partial charge in [-0.05, 0) is 18.2 Å². The number of fused-ring (bicyclic) bond motifs is 1. The van der Waals surface area contributed by atoms with Crippen LogP contribution in [0, 0.1) is 0 Å². The molecule has 0 saturated heterocycles. The van der Waals surface area contributed by atoms with E-state index >= 15 is 0 Å². The third-order valence-electron chi connectivity index (χ3n) is 2.02. The summed E-state index contributed by atoms with van der Waals surface area (Å²) in [5, 5.41) is 9.55. The van der Waals surface area contributed by atoms with Crippen molar-refractivity contribution in [1.82, 2.24) is 9.97 Å². The highest BCUT2D eigenvalue weighted by Gasteiger charge is 2.07. The van der Waals surface area contributed by atoms with E-state index in [1.54, 1.807) is 19.2 Å². The van der Waals surface area contributed by atoms with Gasteiger partial charge in [-0.3, -0.25) is 0 Å². The van der Waals surface area contributed by atoms with Crippen LogP contribution in [-0.4, -0.2) is 34.1 Å². The average Bonchev–Trinajstić information content (AvgIpc) is 2.67. The number of aromatic nitrogens is 2. The normalized spacial score (nSPS) is 10.8. The number of hydrogen-bond donors (Lipinski definition) is 2. The number of thioether (sulfide) groups is 1. The lowest BCUT2D eigenvalue weighted by Gasteiger charge is -1.93. The van der Waals surface area contributed by atoms with Crippen LogP contribution in [0.2, 0.25) is 0 Å². The molecule has 1 aromatic heterocycles. The van der Waals surface area contributed by atoms with Crippen molar-refractivity contribution in [2.45, 2.75) is 5.16 Å². The van der Waals surface area contributed by atoms with E-state index in [-0.39, 0.29) is 5.56 Å². The van der Waals surface area contributed by atoms with E-state index in [0.29, 0.717) is 5.94 Å². The van der Waals surface area contributed by atoms with Crippen LogP contribution in [0.15, 0.2) is 23.4 Å². The third kappa shape index (κ3) is 2.17. The molecule has 1 heterocycles. The van der Waals surface area contributed by atoms with Gasteiger partial charge in [0, 0.05) is 7.11 Å². The number of aromatic amines is 1. The van der Waals surface area contributed by atoms with Crippen LogP contribution in [0.5, 0.6) is 0 Å². The Labute approximate surface area is 95.8 Å². The Bertz CT molecular complexity index is 524. The van der Waals surface area contributed by atoms with Crippen molar-refractivity contribution in [3.8, 4) is 0 Å². The summed E-state index contributed by atoms with van der Waals surface area (Å²) in [7, 11) is 1.61. The molecule has 0 amide bonds. The Balaban J connectivity index is 2.34. The van der Waals surface area contributed by atoms with Gasteiger partial charge >= 0.3 is 5.97 Å². The summed E-state index contributed by atoms with van der Waals surface area (Å²) in [4.78, 5) is 18.1. The number of carboxylic acids is 1. The Morgan fingerprint density at radius 1 is 1.62 bits per heavy atom. The van der Waals surface area contributed by atoms with Crippen molar-refractivity contribution in [3.05, 3.63) is 23.8 Å². The number of carbonyl (C=O) groups is 1. The summed E-state index contributed by atoms with van der Waals surface area (Å²) < 4.78 is 4.91. The van der Waals surface area contributed by atoms with Crippen molar-refractivity contribution < 1.29 is 14.6 Å². The Morgan fingerprint density at radius 3 is 3.12 bits per heavy atom. The number of ether oxygens (including phenoxy) is 1. The number of rotatable bonds is 4. The van der Waals surface area contributed by atoms with E-state index in [4.69, 9.17) is 9.84 Å². The molecular weight excluding hydrogens is 228 g/mol. The van der Waals surface area contributed by atoms with Gasteiger partial charge in [0.1, 0.15) is 0 Å². The second-order valence-corrected chi connectivity index (χ2v) is 4.04. The maximum Gasteiger partial charge on any atom is 0.335 e. The fourth-order valence-corrected chi connectivity index (χ4v) is 1.88. The lowest BCUT2D eigenvalue weighted by molar-refractivity contribution is 0.0697. The number of H-pyrrole nitrogens is 1. The van der Waals surface area contributed by atoms with E-state index in [1.807, 2.05) is 0 Å². The second kappa shape index (κ2) is 4.54. The zero-order chi connectivity index (χ0) is 11.5. The number of benzene rings is 1. The predicted octanol–water partition coefficient (Wildman–Crippen LogP) is 1.96. The number of nitrogens with one attached hydrogen (secondary N) is 1. The topological polar surface area (TPSA) is 75.2 Å². The van der Waals surface area contributed by atoms with Crippen LogP contribution in [0.25, 0.3) is 11.0 Å². The van der Waals surface area contributed by atoms with Crippen molar-refractivity contribution in [1.29, 1.82) is 0 Å². The van der Waals surface area contributed by atoms with Crippen molar-refractivity contribution in [3.63, 3.8) is 0 Å². The van der Waals surface area contributed by atoms with Gasteiger partial charge < -0.3 is 14.8 Å². The molecule has 0 bridgehead atoms. The summed E-state index contributed by atoms with van der Waals surface area (Å²) in [6.07, 6.45) is 0. The number of aromatic carboxylic acids is 1. The SMILES string of the molecule is COCSc1nc2ccc(C(=O)O)cc2[nH]1. The molecule has 0 spiro atoms. The Kier molecular flexibility index (Phi) is 3.12. The molecule has 16 heavy (non-hydrogen) atoms. The number of imidazole rings is 1. The van der Waals surface area contributed by atoms with E-state index in [2.05, 4.69) is 9.97 Å². The molecule has 0 unspecified atom stereocenters. The number of methoxy groups -OCH3 is 1. The molecule has 0 aliphatic carbocycles. The molecule has 5 nitrogen and oxygen atoms in total. The molecule has 0 atom stereocenters. The highest BCUT2D eigenvalue weighted by atomic mass is 32.2. The monoisotopic (exact) mass is 238 g/mol. The highest BCUT2D eigenvalue weighted by molar-refractivity contribution is 7.99. The fourth-order valence-electron chi connectivity index (χ4n) is 1.30. The molecule has 0 radical (unpaired) electrons. The first kappa shape index (κ1) is 11.0. The largest absolute Gasteiger partial charge is 0.478 e. The van der Waals surface area contributed by atoms with E-state index in [9.17, 15) is 4.79 Å². The molecule has 84 valence electrons. The molecule has 0 fully saturated rings. The minimum atomic E-state index is -0.942. The first-order valence-corrected chi connectivity index (χ1v) is 5.54. The van der Waals surface area contributed by atoms with Gasteiger partial charge in [-0.1, -0.05) is 11.8 Å². The predicted molar refractivity (Wildman–Crippen MR) is 60.8 cm³/mol. The molecule has 0 aliphatic heterocycles. The van der Waals surface area contributed by atoms with Gasteiger partial charge in [0.15, 0.2) is 5.16 Å². The van der Waals surface area contributed by atoms with Crippen molar-refractivity contribution in [2.24, 2.45) is 0 Å². The van der Waals surface area contributed by atoms with Gasteiger partial charge in [-0.2, -0.15) is 0 Å². The average molecular weight is 238 g/mol. The third-order valence-corrected chi connectivity index (χ3v) is 2.84. The molecule has 0 aliphatic rings. The van der Waals surface area contributed by atoms with Gasteiger partial charge in [0.25, 0.3) is 0 Å². The summed E-state index contributed by atoms with van der Waals surface area (Å²) in [5.41, 5.74) is 1.72. The molecule has 2 N–H and O–H groups in total. The van der Waals surface area contributed by atoms with Crippen LogP contribution in [0.3, 0.4) is 0 Å². The summed E-state index contributed by atoms with van der Waals surface area (Å²) in [6, 6.07) is 4.80. The minimum absolute atomic E-state index is 0.249. The molecule has 6 heteroatoms. The second-order valence-electron chi connectivity index (χ2n) is 3.13. The summed E-state index contributed by atoms with van der Waals surface area (Å²) >= 11 is 1.42. The fraction of sp³-hybridized carbons (Fsp3) is 0.200. The van der Waals surface area contributed by atoms with Crippen LogP contribution >= 0.6 is 11.8 Å². The highest BCUT2D eigenvalue weighted by Crippen LogP contribution is 2.20. The molecule has 0 saturated carbocycles. The molecule has 2 rings (SSSR count). The number of nitrogens with zero attached hydrogens (tertiary/aromatic N) is 1. The van der Waals surface area contributed by atoms with Crippen LogP contribution in [0.1, 0.15) is 10.4 Å². The van der Waals surface area contributed by atoms with Crippen molar-refractivity contribution in [2.75, 3.05) is 13.0 Å². The van der Waals surface area contributed by atoms with Gasteiger partial charge in [0.05, 0.1) is 22.5 Å². The molecule has 2 aromatic rings. The lowest BCUT2D eigenvalue weighted by Crippen LogP contribution is -1.94. The Hall–Kier alpha value is -1.53. The van der Waals surface area contributed by atoms with Crippen molar-refractivity contribution >= 4 is 28.8 Å². The van der Waals surface area contributed by atoms with Crippen LogP contribution in [-0.2, 0) is 4.74 Å². The maximum absolute atomic E-state index is 10.8. The van der Waals surface area contributed by atoms with E-state index in [1.165, 1.54) is 17.8 Å². The first-order valence-electron chi connectivity index (χ1n) is 4.55.